The van der Waals surface area contributed by atoms with Gasteiger partial charge in [-0.15, -0.1) is 0 Å². The first-order valence-corrected chi connectivity index (χ1v) is 10.2. The van der Waals surface area contributed by atoms with Gasteiger partial charge in [-0.3, -0.25) is 9.52 Å². The van der Waals surface area contributed by atoms with Crippen molar-refractivity contribution in [3.63, 3.8) is 0 Å². The summed E-state index contributed by atoms with van der Waals surface area (Å²) in [6.07, 6.45) is 1.30. The van der Waals surface area contributed by atoms with E-state index in [4.69, 9.17) is 4.74 Å². The van der Waals surface area contributed by atoms with Crippen molar-refractivity contribution in [3.05, 3.63) is 47.8 Å². The predicted octanol–water partition coefficient (Wildman–Crippen LogP) is 3.46. The average Bonchev–Trinajstić information content (AvgIpc) is 3.03. The minimum Gasteiger partial charge on any atom is -0.491 e. The van der Waals surface area contributed by atoms with E-state index in [2.05, 4.69) is 4.72 Å². The van der Waals surface area contributed by atoms with Gasteiger partial charge in [0.15, 0.2) is 11.6 Å². The van der Waals surface area contributed by atoms with Crippen LogP contribution in [0.5, 0.6) is 5.75 Å². The lowest BCUT2D eigenvalue weighted by Gasteiger charge is -2.18. The zero-order valence-electron chi connectivity index (χ0n) is 15.2. The second kappa shape index (κ2) is 7.56. The molecule has 6 nitrogen and oxygen atoms in total. The van der Waals surface area contributed by atoms with Gasteiger partial charge in [0.1, 0.15) is 0 Å². The van der Waals surface area contributed by atoms with E-state index >= 15 is 0 Å². The smallest absolute Gasteiger partial charge is 0.262 e. The number of halogens is 1. The number of amides is 1. The minimum absolute atomic E-state index is 0.0352. The highest BCUT2D eigenvalue weighted by Gasteiger charge is 2.24. The van der Waals surface area contributed by atoms with Gasteiger partial charge in [-0.25, -0.2) is 12.8 Å². The molecule has 1 saturated heterocycles. The predicted molar refractivity (Wildman–Crippen MR) is 101 cm³/mol. The molecular weight excluding hydrogens is 371 g/mol. The number of nitrogens with one attached hydrogen (secondary N) is 1. The summed E-state index contributed by atoms with van der Waals surface area (Å²) in [4.78, 5) is 13.6. The normalized spacial score (nSPS) is 14.5. The number of sulfonamides is 1. The van der Waals surface area contributed by atoms with Gasteiger partial charge in [-0.05, 0) is 56.2 Å². The van der Waals surface area contributed by atoms with Gasteiger partial charge >= 0.3 is 0 Å². The summed E-state index contributed by atoms with van der Waals surface area (Å²) in [6, 6.07) is 8.66. The van der Waals surface area contributed by atoms with Gasteiger partial charge < -0.3 is 9.64 Å². The SMILES string of the molecule is CCOc1ccc(NS(=O)(=O)c2ccc(N3CCCC3=O)cc2C)cc1F. The van der Waals surface area contributed by atoms with Crippen LogP contribution in [0.25, 0.3) is 0 Å². The maximum atomic E-state index is 14.0. The Morgan fingerprint density at radius 2 is 2.00 bits per heavy atom. The highest BCUT2D eigenvalue weighted by molar-refractivity contribution is 7.92. The van der Waals surface area contributed by atoms with E-state index in [9.17, 15) is 17.6 Å². The number of rotatable bonds is 6. The van der Waals surface area contributed by atoms with Crippen LogP contribution in [0.3, 0.4) is 0 Å². The van der Waals surface area contributed by atoms with E-state index in [0.717, 1.165) is 12.5 Å². The van der Waals surface area contributed by atoms with Crippen LogP contribution in [-0.4, -0.2) is 27.5 Å². The summed E-state index contributed by atoms with van der Waals surface area (Å²) >= 11 is 0. The molecule has 0 spiro atoms. The fraction of sp³-hybridized carbons (Fsp3) is 0.316. The van der Waals surface area contributed by atoms with Crippen molar-refractivity contribution in [2.24, 2.45) is 0 Å². The van der Waals surface area contributed by atoms with Crippen LogP contribution in [0.1, 0.15) is 25.3 Å². The molecule has 1 fully saturated rings. The van der Waals surface area contributed by atoms with Crippen LogP contribution in [-0.2, 0) is 14.8 Å². The molecule has 1 heterocycles. The lowest BCUT2D eigenvalue weighted by molar-refractivity contribution is -0.117. The van der Waals surface area contributed by atoms with E-state index in [1.54, 1.807) is 30.9 Å². The molecule has 0 bridgehead atoms. The second-order valence-corrected chi connectivity index (χ2v) is 7.93. The number of ether oxygens (including phenoxy) is 1. The number of hydrogen-bond acceptors (Lipinski definition) is 4. The summed E-state index contributed by atoms with van der Waals surface area (Å²) in [6.45, 7) is 4.34. The maximum Gasteiger partial charge on any atom is 0.262 e. The molecule has 144 valence electrons. The van der Waals surface area contributed by atoms with Gasteiger partial charge in [-0.2, -0.15) is 0 Å². The standard InChI is InChI=1S/C19H21FN2O4S/c1-3-26-17-8-6-14(12-16(17)20)21-27(24,25)18-9-7-15(11-13(18)2)22-10-4-5-19(22)23/h6-9,11-12,21H,3-5,10H2,1-2H3. The van der Waals surface area contributed by atoms with Crippen LogP contribution < -0.4 is 14.4 Å². The van der Waals surface area contributed by atoms with Gasteiger partial charge in [0.2, 0.25) is 5.91 Å². The summed E-state index contributed by atoms with van der Waals surface area (Å²) < 4.78 is 46.8. The molecule has 1 amide bonds. The molecule has 0 aromatic heterocycles. The van der Waals surface area contributed by atoms with E-state index in [0.29, 0.717) is 30.8 Å². The van der Waals surface area contributed by atoms with Crippen molar-refractivity contribution in [1.82, 2.24) is 0 Å². The maximum absolute atomic E-state index is 14.0. The fourth-order valence-corrected chi connectivity index (χ4v) is 4.35. The molecule has 1 aliphatic rings. The Labute approximate surface area is 158 Å². The molecule has 0 unspecified atom stereocenters. The van der Waals surface area contributed by atoms with Crippen molar-refractivity contribution in [2.45, 2.75) is 31.6 Å². The molecule has 0 aliphatic carbocycles. The Kier molecular flexibility index (Phi) is 5.36. The second-order valence-electron chi connectivity index (χ2n) is 6.28. The zero-order valence-corrected chi connectivity index (χ0v) is 16.0. The number of carbonyl (C=O) groups excluding carboxylic acids is 1. The Bertz CT molecular complexity index is 976. The fourth-order valence-electron chi connectivity index (χ4n) is 3.07. The van der Waals surface area contributed by atoms with Gasteiger partial charge in [0.05, 0.1) is 17.2 Å². The molecule has 1 aliphatic heterocycles. The van der Waals surface area contributed by atoms with Crippen molar-refractivity contribution >= 4 is 27.3 Å². The number of nitrogens with zero attached hydrogens (tertiary/aromatic N) is 1. The Morgan fingerprint density at radius 3 is 2.59 bits per heavy atom. The lowest BCUT2D eigenvalue weighted by atomic mass is 10.2. The molecule has 2 aromatic rings. The zero-order chi connectivity index (χ0) is 19.6. The third-order valence-corrected chi connectivity index (χ3v) is 5.86. The van der Waals surface area contributed by atoms with Crippen LogP contribution >= 0.6 is 0 Å². The van der Waals surface area contributed by atoms with Crippen LogP contribution in [0.2, 0.25) is 0 Å². The molecule has 3 rings (SSSR count). The molecule has 2 aromatic carbocycles. The highest BCUT2D eigenvalue weighted by Crippen LogP contribution is 2.28. The summed E-state index contributed by atoms with van der Waals surface area (Å²) in [5.41, 5.74) is 1.29. The number of aryl methyl sites for hydroxylation is 1. The van der Waals surface area contributed by atoms with E-state index in [1.165, 1.54) is 18.2 Å². The van der Waals surface area contributed by atoms with Gasteiger partial charge in [0.25, 0.3) is 10.0 Å². The van der Waals surface area contributed by atoms with Crippen molar-refractivity contribution < 1.29 is 22.3 Å². The average molecular weight is 392 g/mol. The molecule has 27 heavy (non-hydrogen) atoms. The number of benzene rings is 2. The topological polar surface area (TPSA) is 75.7 Å². The monoisotopic (exact) mass is 392 g/mol. The molecule has 0 atom stereocenters. The molecule has 8 heteroatoms. The molecule has 0 saturated carbocycles. The van der Waals surface area contributed by atoms with Crippen LogP contribution in [0, 0.1) is 12.7 Å². The van der Waals surface area contributed by atoms with E-state index in [-0.39, 0.29) is 22.2 Å². The third kappa shape index (κ3) is 4.05. The first-order valence-electron chi connectivity index (χ1n) is 8.68. The Morgan fingerprint density at radius 1 is 1.22 bits per heavy atom. The Balaban J connectivity index is 1.84. The summed E-state index contributed by atoms with van der Waals surface area (Å²) in [7, 11) is -3.90. The summed E-state index contributed by atoms with van der Waals surface area (Å²) in [5, 5.41) is 0. The molecule has 0 radical (unpaired) electrons. The van der Waals surface area contributed by atoms with Crippen molar-refractivity contribution in [3.8, 4) is 5.75 Å². The number of anilines is 2. The van der Waals surface area contributed by atoms with Crippen molar-refractivity contribution in [2.75, 3.05) is 22.8 Å². The first kappa shape index (κ1) is 19.2. The largest absolute Gasteiger partial charge is 0.491 e. The number of hydrogen-bond donors (Lipinski definition) is 1. The number of carbonyl (C=O) groups is 1. The lowest BCUT2D eigenvalue weighted by Crippen LogP contribution is -2.24. The quantitative estimate of drug-likeness (QED) is 0.817. The minimum atomic E-state index is -3.90. The Hall–Kier alpha value is -2.61. The third-order valence-electron chi connectivity index (χ3n) is 4.32. The highest BCUT2D eigenvalue weighted by atomic mass is 32.2. The van der Waals surface area contributed by atoms with E-state index < -0.39 is 15.8 Å². The van der Waals surface area contributed by atoms with Crippen LogP contribution in [0.15, 0.2) is 41.3 Å². The van der Waals surface area contributed by atoms with Gasteiger partial charge in [0, 0.05) is 24.7 Å². The summed E-state index contributed by atoms with van der Waals surface area (Å²) in [5.74, 6) is -0.541. The molecular formula is C19H21FN2O4S. The first-order chi connectivity index (χ1) is 12.8. The molecule has 1 N–H and O–H groups in total. The van der Waals surface area contributed by atoms with Gasteiger partial charge in [-0.1, -0.05) is 0 Å². The van der Waals surface area contributed by atoms with Crippen LogP contribution in [0.4, 0.5) is 15.8 Å². The van der Waals surface area contributed by atoms with E-state index in [1.807, 2.05) is 0 Å². The van der Waals surface area contributed by atoms with Crippen molar-refractivity contribution in [1.29, 1.82) is 0 Å².